The van der Waals surface area contributed by atoms with Crippen LogP contribution in [-0.2, 0) is 13.0 Å². The Labute approximate surface area is 113 Å². The predicted molar refractivity (Wildman–Crippen MR) is 78.6 cm³/mol. The second kappa shape index (κ2) is 6.23. The minimum absolute atomic E-state index is 0.313. The summed E-state index contributed by atoms with van der Waals surface area (Å²) in [6.07, 6.45) is 2.27. The zero-order chi connectivity index (χ0) is 13.7. The van der Waals surface area contributed by atoms with E-state index in [0.717, 1.165) is 18.5 Å². The van der Waals surface area contributed by atoms with Crippen LogP contribution in [0.2, 0.25) is 0 Å². The molecule has 0 amide bonds. The van der Waals surface area contributed by atoms with Gasteiger partial charge < -0.3 is 11.1 Å². The molecule has 0 aromatic heterocycles. The lowest BCUT2D eigenvalue weighted by Gasteiger charge is -2.10. The number of hydrogen-bond acceptors (Lipinski definition) is 2. The minimum Gasteiger partial charge on any atom is -0.397 e. The Morgan fingerprint density at radius 1 is 1.05 bits per heavy atom. The largest absolute Gasteiger partial charge is 0.397 e. The van der Waals surface area contributed by atoms with Gasteiger partial charge in [0, 0.05) is 6.54 Å². The van der Waals surface area contributed by atoms with Gasteiger partial charge in [0.25, 0.3) is 0 Å². The molecule has 2 aromatic carbocycles. The summed E-state index contributed by atoms with van der Waals surface area (Å²) in [4.78, 5) is 0. The summed E-state index contributed by atoms with van der Waals surface area (Å²) in [6, 6.07) is 12.9. The average molecular weight is 258 g/mol. The summed E-state index contributed by atoms with van der Waals surface area (Å²) < 4.78 is 12.9. The lowest BCUT2D eigenvalue weighted by molar-refractivity contribution is 0.628. The number of anilines is 2. The molecule has 3 N–H and O–H groups in total. The molecule has 0 bridgehead atoms. The maximum absolute atomic E-state index is 12.9. The van der Waals surface area contributed by atoms with Crippen LogP contribution in [0.3, 0.4) is 0 Å². The molecule has 0 fully saturated rings. The second-order valence-electron chi connectivity index (χ2n) is 4.65. The third-order valence-corrected chi connectivity index (χ3v) is 3.06. The van der Waals surface area contributed by atoms with Gasteiger partial charge >= 0.3 is 0 Å². The molecule has 0 saturated heterocycles. The molecule has 2 aromatic rings. The van der Waals surface area contributed by atoms with E-state index in [-0.39, 0.29) is 5.82 Å². The number of aryl methyl sites for hydroxylation is 1. The number of nitrogen functional groups attached to an aromatic ring is 1. The van der Waals surface area contributed by atoms with Gasteiger partial charge in [-0.2, -0.15) is 0 Å². The molecule has 2 rings (SSSR count). The first kappa shape index (κ1) is 13.4. The van der Waals surface area contributed by atoms with E-state index >= 15 is 0 Å². The first-order chi connectivity index (χ1) is 9.19. The van der Waals surface area contributed by atoms with E-state index in [2.05, 4.69) is 36.5 Å². The zero-order valence-electron chi connectivity index (χ0n) is 11.1. The SMILES string of the molecule is CCCc1ccc(CNc2ccc(F)cc2N)cc1. The fourth-order valence-corrected chi connectivity index (χ4v) is 2.00. The van der Waals surface area contributed by atoms with Crippen LogP contribution in [0.15, 0.2) is 42.5 Å². The summed E-state index contributed by atoms with van der Waals surface area (Å²) in [7, 11) is 0. The first-order valence-electron chi connectivity index (χ1n) is 6.55. The van der Waals surface area contributed by atoms with Crippen LogP contribution in [0.25, 0.3) is 0 Å². The summed E-state index contributed by atoms with van der Waals surface area (Å²) in [5.41, 5.74) is 9.48. The van der Waals surface area contributed by atoms with Crippen LogP contribution in [0.1, 0.15) is 24.5 Å². The van der Waals surface area contributed by atoms with E-state index < -0.39 is 0 Å². The molecule has 0 atom stereocenters. The van der Waals surface area contributed by atoms with Crippen molar-refractivity contribution in [3.8, 4) is 0 Å². The molecule has 0 aliphatic carbocycles. The average Bonchev–Trinajstić information content (AvgIpc) is 2.40. The van der Waals surface area contributed by atoms with Gasteiger partial charge in [-0.15, -0.1) is 0 Å². The lowest BCUT2D eigenvalue weighted by Crippen LogP contribution is -2.02. The number of benzene rings is 2. The fourth-order valence-electron chi connectivity index (χ4n) is 2.00. The van der Waals surface area contributed by atoms with Crippen LogP contribution in [0.5, 0.6) is 0 Å². The van der Waals surface area contributed by atoms with E-state index in [1.54, 1.807) is 6.07 Å². The molecular formula is C16H19FN2. The van der Waals surface area contributed by atoms with Gasteiger partial charge in [-0.3, -0.25) is 0 Å². The maximum atomic E-state index is 12.9. The highest BCUT2D eigenvalue weighted by atomic mass is 19.1. The van der Waals surface area contributed by atoms with Crippen molar-refractivity contribution >= 4 is 11.4 Å². The first-order valence-corrected chi connectivity index (χ1v) is 6.55. The number of nitrogens with two attached hydrogens (primary N) is 1. The third-order valence-electron chi connectivity index (χ3n) is 3.06. The number of hydrogen-bond donors (Lipinski definition) is 2. The highest BCUT2D eigenvalue weighted by molar-refractivity contribution is 5.65. The monoisotopic (exact) mass is 258 g/mol. The van der Waals surface area contributed by atoms with Crippen molar-refractivity contribution in [3.05, 3.63) is 59.4 Å². The van der Waals surface area contributed by atoms with E-state index in [4.69, 9.17) is 5.73 Å². The summed E-state index contributed by atoms with van der Waals surface area (Å²) in [5, 5.41) is 3.22. The van der Waals surface area contributed by atoms with Crippen LogP contribution >= 0.6 is 0 Å². The molecule has 100 valence electrons. The Bertz CT molecular complexity index is 535. The Morgan fingerprint density at radius 3 is 2.37 bits per heavy atom. The molecule has 2 nitrogen and oxygen atoms in total. The molecule has 0 aliphatic rings. The number of halogens is 1. The van der Waals surface area contributed by atoms with Gasteiger partial charge in [-0.1, -0.05) is 37.6 Å². The van der Waals surface area contributed by atoms with Crippen molar-refractivity contribution in [2.75, 3.05) is 11.1 Å². The molecule has 0 heterocycles. The minimum atomic E-state index is -0.313. The van der Waals surface area contributed by atoms with E-state index in [9.17, 15) is 4.39 Å². The van der Waals surface area contributed by atoms with E-state index in [1.165, 1.54) is 23.3 Å². The van der Waals surface area contributed by atoms with E-state index in [0.29, 0.717) is 12.2 Å². The summed E-state index contributed by atoms with van der Waals surface area (Å²) >= 11 is 0. The van der Waals surface area contributed by atoms with Crippen molar-refractivity contribution in [1.29, 1.82) is 0 Å². The van der Waals surface area contributed by atoms with Gasteiger partial charge in [0.15, 0.2) is 0 Å². The summed E-state index contributed by atoms with van der Waals surface area (Å²) in [6.45, 7) is 2.86. The van der Waals surface area contributed by atoms with Gasteiger partial charge in [-0.25, -0.2) is 4.39 Å². The third kappa shape index (κ3) is 3.71. The lowest BCUT2D eigenvalue weighted by atomic mass is 10.1. The van der Waals surface area contributed by atoms with Gasteiger partial charge in [-0.05, 0) is 35.7 Å². The molecule has 0 saturated carbocycles. The highest BCUT2D eigenvalue weighted by Gasteiger charge is 2.00. The number of rotatable bonds is 5. The molecule has 3 heteroatoms. The van der Waals surface area contributed by atoms with Crippen molar-refractivity contribution in [2.45, 2.75) is 26.3 Å². The Morgan fingerprint density at radius 2 is 1.74 bits per heavy atom. The van der Waals surface area contributed by atoms with Crippen LogP contribution in [-0.4, -0.2) is 0 Å². The van der Waals surface area contributed by atoms with Crippen LogP contribution in [0, 0.1) is 5.82 Å². The van der Waals surface area contributed by atoms with Gasteiger partial charge in [0.1, 0.15) is 5.82 Å². The molecule has 0 aliphatic heterocycles. The number of nitrogens with one attached hydrogen (secondary N) is 1. The Hall–Kier alpha value is -2.03. The van der Waals surface area contributed by atoms with Crippen LogP contribution in [0.4, 0.5) is 15.8 Å². The van der Waals surface area contributed by atoms with Crippen molar-refractivity contribution in [1.82, 2.24) is 0 Å². The zero-order valence-corrected chi connectivity index (χ0v) is 11.1. The molecular weight excluding hydrogens is 239 g/mol. The van der Waals surface area contributed by atoms with Gasteiger partial charge in [0.2, 0.25) is 0 Å². The normalized spacial score (nSPS) is 10.4. The highest BCUT2D eigenvalue weighted by Crippen LogP contribution is 2.20. The maximum Gasteiger partial charge on any atom is 0.125 e. The smallest absolute Gasteiger partial charge is 0.125 e. The van der Waals surface area contributed by atoms with Crippen molar-refractivity contribution in [2.24, 2.45) is 0 Å². The van der Waals surface area contributed by atoms with Crippen molar-refractivity contribution in [3.63, 3.8) is 0 Å². The molecule has 19 heavy (non-hydrogen) atoms. The molecule has 0 spiro atoms. The Kier molecular flexibility index (Phi) is 4.39. The Balaban J connectivity index is 1.98. The van der Waals surface area contributed by atoms with Gasteiger partial charge in [0.05, 0.1) is 11.4 Å². The predicted octanol–water partition coefficient (Wildman–Crippen LogP) is 3.97. The molecule has 0 unspecified atom stereocenters. The topological polar surface area (TPSA) is 38.0 Å². The standard InChI is InChI=1S/C16H19FN2/c1-2-3-12-4-6-13(7-5-12)11-19-16-9-8-14(17)10-15(16)18/h4-10,19H,2-3,11,18H2,1H3. The summed E-state index contributed by atoms with van der Waals surface area (Å²) in [5.74, 6) is -0.313. The second-order valence-corrected chi connectivity index (χ2v) is 4.65. The fraction of sp³-hybridized carbons (Fsp3) is 0.250. The van der Waals surface area contributed by atoms with E-state index in [1.807, 2.05) is 0 Å². The molecule has 0 radical (unpaired) electrons. The quantitative estimate of drug-likeness (QED) is 0.796. The van der Waals surface area contributed by atoms with Crippen LogP contribution < -0.4 is 11.1 Å². The van der Waals surface area contributed by atoms with Crippen molar-refractivity contribution < 1.29 is 4.39 Å².